The van der Waals surface area contributed by atoms with Crippen molar-refractivity contribution in [1.82, 2.24) is 20.1 Å². The van der Waals surface area contributed by atoms with E-state index in [1.807, 2.05) is 30.3 Å². The van der Waals surface area contributed by atoms with Crippen LogP contribution in [0.25, 0.3) is 0 Å². The zero-order valence-corrected chi connectivity index (χ0v) is 17.4. The van der Waals surface area contributed by atoms with Gasteiger partial charge in [0.2, 0.25) is 5.91 Å². The molecule has 1 aromatic rings. The van der Waals surface area contributed by atoms with Crippen LogP contribution in [0.15, 0.2) is 47.6 Å². The highest BCUT2D eigenvalue weighted by atomic mass is 16.2. The molecule has 1 aromatic carbocycles. The molecule has 0 spiro atoms. The Morgan fingerprint density at radius 3 is 2.23 bits per heavy atom. The third kappa shape index (κ3) is 6.50. The molecule has 0 unspecified atom stereocenters. The highest BCUT2D eigenvalue weighted by molar-refractivity contribution is 6.12. The summed E-state index contributed by atoms with van der Waals surface area (Å²) in [7, 11) is 0. The van der Waals surface area contributed by atoms with Crippen LogP contribution < -0.4 is 5.43 Å². The zero-order valence-electron chi connectivity index (χ0n) is 17.4. The van der Waals surface area contributed by atoms with E-state index in [-0.39, 0.29) is 23.8 Å². The van der Waals surface area contributed by atoms with Crippen LogP contribution in [0.2, 0.25) is 0 Å². The number of hydrogen-bond donors (Lipinski definition) is 1. The number of piperazine rings is 1. The van der Waals surface area contributed by atoms with Crippen molar-refractivity contribution in [1.29, 1.82) is 0 Å². The van der Waals surface area contributed by atoms with E-state index in [0.717, 1.165) is 12.0 Å². The molecule has 2 aliphatic heterocycles. The highest BCUT2D eigenvalue weighted by Crippen LogP contribution is 2.10. The fourth-order valence-electron chi connectivity index (χ4n) is 3.46. The number of nitrogens with one attached hydrogen (secondary N) is 1. The molecule has 31 heavy (non-hydrogen) atoms. The number of rotatable bonds is 8. The van der Waals surface area contributed by atoms with Crippen LogP contribution >= 0.6 is 0 Å². The first-order valence-electron chi connectivity index (χ1n) is 10.5. The van der Waals surface area contributed by atoms with Crippen LogP contribution in [0.4, 0.5) is 4.79 Å². The predicted octanol–water partition coefficient (Wildman–Crippen LogP) is 1.36. The molecule has 3 rings (SSSR count). The van der Waals surface area contributed by atoms with E-state index in [1.165, 1.54) is 17.1 Å². The van der Waals surface area contributed by atoms with Crippen LogP contribution in [0.5, 0.6) is 0 Å². The number of unbranched alkanes of at least 4 members (excludes halogenated alkanes) is 2. The fraction of sp³-hybridized carbons (Fsp3) is 0.409. The van der Waals surface area contributed by atoms with Crippen molar-refractivity contribution in [3.63, 3.8) is 0 Å². The van der Waals surface area contributed by atoms with Crippen molar-refractivity contribution in [2.75, 3.05) is 32.7 Å². The molecule has 1 fully saturated rings. The van der Waals surface area contributed by atoms with Gasteiger partial charge in [0.1, 0.15) is 0 Å². The second kappa shape index (κ2) is 11.1. The minimum Gasteiger partial charge on any atom is -0.339 e. The van der Waals surface area contributed by atoms with Gasteiger partial charge in [0, 0.05) is 51.3 Å². The normalized spacial score (nSPS) is 16.5. The van der Waals surface area contributed by atoms with Crippen molar-refractivity contribution in [2.45, 2.75) is 25.7 Å². The third-order valence-corrected chi connectivity index (χ3v) is 5.27. The quantitative estimate of drug-likeness (QED) is 0.294. The zero-order chi connectivity index (χ0) is 22.1. The van der Waals surface area contributed by atoms with E-state index in [4.69, 9.17) is 0 Å². The van der Waals surface area contributed by atoms with Gasteiger partial charge in [-0.15, -0.1) is 0 Å². The van der Waals surface area contributed by atoms with Gasteiger partial charge in [0.15, 0.2) is 0 Å². The summed E-state index contributed by atoms with van der Waals surface area (Å²) in [5.74, 6) is -0.473. The molecular weight excluding hydrogens is 398 g/mol. The Labute approximate surface area is 181 Å². The number of hydrazone groups is 1. The largest absolute Gasteiger partial charge is 0.339 e. The molecule has 0 bridgehead atoms. The van der Waals surface area contributed by atoms with Crippen LogP contribution in [-0.2, 0) is 14.4 Å². The molecule has 0 saturated carbocycles. The molecule has 0 radical (unpaired) electrons. The topological polar surface area (TPSA) is 102 Å². The smallest absolute Gasteiger partial charge is 0.337 e. The Hall–Kier alpha value is -3.49. The first kappa shape index (κ1) is 22.2. The number of imide groups is 1. The van der Waals surface area contributed by atoms with Gasteiger partial charge < -0.3 is 9.80 Å². The number of carbonyl (C=O) groups excluding carboxylic acids is 4. The van der Waals surface area contributed by atoms with Crippen LogP contribution in [0.1, 0.15) is 31.2 Å². The average molecular weight is 425 g/mol. The van der Waals surface area contributed by atoms with Crippen molar-refractivity contribution < 1.29 is 19.2 Å². The van der Waals surface area contributed by atoms with E-state index in [0.29, 0.717) is 52.0 Å². The summed E-state index contributed by atoms with van der Waals surface area (Å²) in [4.78, 5) is 52.2. The lowest BCUT2D eigenvalue weighted by atomic mass is 10.1. The second-order valence-electron chi connectivity index (χ2n) is 7.43. The molecule has 1 N–H and O–H groups in total. The average Bonchev–Trinajstić information content (AvgIpc) is 3.11. The number of benzene rings is 1. The molecular formula is C22H27N5O4. The fourth-order valence-corrected chi connectivity index (χ4v) is 3.46. The summed E-state index contributed by atoms with van der Waals surface area (Å²) in [6.45, 7) is 2.31. The lowest BCUT2D eigenvalue weighted by Gasteiger charge is -2.34. The number of carbonyl (C=O) groups is 4. The third-order valence-electron chi connectivity index (χ3n) is 5.27. The van der Waals surface area contributed by atoms with E-state index in [2.05, 4.69) is 10.5 Å². The molecule has 0 atom stereocenters. The monoisotopic (exact) mass is 425 g/mol. The Balaban J connectivity index is 1.28. The van der Waals surface area contributed by atoms with Crippen LogP contribution in [-0.4, -0.2) is 77.4 Å². The summed E-state index contributed by atoms with van der Waals surface area (Å²) >= 11 is 0. The van der Waals surface area contributed by atoms with Crippen LogP contribution in [0, 0.1) is 0 Å². The molecule has 5 amide bonds. The molecule has 0 aromatic heterocycles. The number of urea groups is 1. The molecule has 164 valence electrons. The molecule has 1 saturated heterocycles. The molecule has 9 nitrogen and oxygen atoms in total. The minimum atomic E-state index is -0.278. The van der Waals surface area contributed by atoms with Gasteiger partial charge in [0.25, 0.3) is 11.8 Å². The van der Waals surface area contributed by atoms with Gasteiger partial charge in [-0.05, 0) is 18.4 Å². The minimum absolute atomic E-state index is 0.0668. The Morgan fingerprint density at radius 1 is 0.903 bits per heavy atom. The highest BCUT2D eigenvalue weighted by Gasteiger charge is 2.24. The van der Waals surface area contributed by atoms with Crippen molar-refractivity contribution in [2.24, 2.45) is 5.10 Å². The predicted molar refractivity (Wildman–Crippen MR) is 115 cm³/mol. The SMILES string of the molecule is O=C(CCCCCN1C(=O)C=CC1=O)N1CCN(C(=O)N/N=C/c2ccccc2)CC1. The van der Waals surface area contributed by atoms with E-state index < -0.39 is 0 Å². The van der Waals surface area contributed by atoms with Crippen molar-refractivity contribution in [3.05, 3.63) is 48.0 Å². The maximum atomic E-state index is 12.4. The van der Waals surface area contributed by atoms with E-state index >= 15 is 0 Å². The van der Waals surface area contributed by atoms with Gasteiger partial charge in [-0.25, -0.2) is 10.2 Å². The van der Waals surface area contributed by atoms with Crippen molar-refractivity contribution >= 4 is 30.0 Å². The first-order valence-corrected chi connectivity index (χ1v) is 10.5. The first-order chi connectivity index (χ1) is 15.0. The van der Waals surface area contributed by atoms with Gasteiger partial charge in [0.05, 0.1) is 6.21 Å². The van der Waals surface area contributed by atoms with Gasteiger partial charge in [-0.2, -0.15) is 5.10 Å². The Bertz CT molecular complexity index is 842. The number of amides is 5. The molecule has 0 aliphatic carbocycles. The summed E-state index contributed by atoms with van der Waals surface area (Å²) in [5.41, 5.74) is 3.42. The van der Waals surface area contributed by atoms with Crippen molar-refractivity contribution in [3.8, 4) is 0 Å². The lowest BCUT2D eigenvalue weighted by Crippen LogP contribution is -2.52. The Kier molecular flexibility index (Phi) is 7.91. The van der Waals surface area contributed by atoms with Crippen LogP contribution in [0.3, 0.4) is 0 Å². The maximum Gasteiger partial charge on any atom is 0.337 e. The molecule has 2 heterocycles. The summed E-state index contributed by atoms with van der Waals surface area (Å²) in [6.07, 6.45) is 6.73. The van der Waals surface area contributed by atoms with Gasteiger partial charge in [-0.1, -0.05) is 36.8 Å². The van der Waals surface area contributed by atoms with Gasteiger partial charge in [-0.3, -0.25) is 19.3 Å². The maximum absolute atomic E-state index is 12.4. The summed E-state index contributed by atoms with van der Waals surface area (Å²) in [6, 6.07) is 9.21. The second-order valence-corrected chi connectivity index (χ2v) is 7.43. The number of nitrogens with zero attached hydrogens (tertiary/aromatic N) is 4. The lowest BCUT2D eigenvalue weighted by molar-refractivity contribution is -0.137. The molecule has 9 heteroatoms. The Morgan fingerprint density at radius 2 is 1.55 bits per heavy atom. The molecule has 2 aliphatic rings. The van der Waals surface area contributed by atoms with E-state index in [1.54, 1.807) is 16.0 Å². The number of hydrogen-bond acceptors (Lipinski definition) is 5. The standard InChI is InChI=1S/C22H27N5O4/c28-19(9-5-2-6-12-27-20(29)10-11-21(27)30)25-13-15-26(16-14-25)22(31)24-23-17-18-7-3-1-4-8-18/h1,3-4,7-8,10-11,17H,2,5-6,9,12-16H2,(H,24,31)/b23-17+. The van der Waals surface area contributed by atoms with Gasteiger partial charge >= 0.3 is 6.03 Å². The van der Waals surface area contributed by atoms with E-state index in [9.17, 15) is 19.2 Å². The summed E-state index contributed by atoms with van der Waals surface area (Å²) in [5, 5.41) is 3.97. The summed E-state index contributed by atoms with van der Waals surface area (Å²) < 4.78 is 0.